The Bertz CT molecular complexity index is 1030. The Morgan fingerprint density at radius 3 is 2.64 bits per heavy atom. The summed E-state index contributed by atoms with van der Waals surface area (Å²) in [6, 6.07) is 10.1. The zero-order valence-corrected chi connectivity index (χ0v) is 19.9. The van der Waals surface area contributed by atoms with Gasteiger partial charge in [-0.2, -0.15) is 0 Å². The number of aromatic nitrogens is 3. The van der Waals surface area contributed by atoms with E-state index in [0.29, 0.717) is 36.5 Å². The second-order valence-electron chi connectivity index (χ2n) is 8.81. The molecule has 2 unspecified atom stereocenters. The summed E-state index contributed by atoms with van der Waals surface area (Å²) in [5.74, 6) is 2.73. The van der Waals surface area contributed by atoms with E-state index in [0.717, 1.165) is 30.4 Å². The quantitative estimate of drug-likeness (QED) is 0.476. The van der Waals surface area contributed by atoms with Gasteiger partial charge in [-0.25, -0.2) is 4.39 Å². The summed E-state index contributed by atoms with van der Waals surface area (Å²) < 4.78 is 20.6. The highest BCUT2D eigenvalue weighted by Gasteiger charge is 2.27. The number of hydrogen-bond acceptors (Lipinski definition) is 6. The van der Waals surface area contributed by atoms with Crippen LogP contribution in [0.1, 0.15) is 31.6 Å². The third-order valence-electron chi connectivity index (χ3n) is 5.72. The lowest BCUT2D eigenvalue weighted by Gasteiger charge is -2.35. The number of carbonyl (C=O) groups excluding carboxylic acids is 1. The van der Waals surface area contributed by atoms with Gasteiger partial charge in [-0.1, -0.05) is 37.7 Å². The third-order valence-corrected chi connectivity index (χ3v) is 6.69. The summed E-state index contributed by atoms with van der Waals surface area (Å²) in [5, 5.41) is 12.5. The molecule has 1 aromatic carbocycles. The first-order valence-electron chi connectivity index (χ1n) is 11.3. The Balaban J connectivity index is 1.38. The molecule has 176 valence electrons. The fraction of sp³-hybridized carbons (Fsp3) is 0.458. The summed E-state index contributed by atoms with van der Waals surface area (Å²) in [6.07, 6.45) is 3.52. The van der Waals surface area contributed by atoms with Crippen molar-refractivity contribution < 1.29 is 13.6 Å². The first kappa shape index (κ1) is 23.4. The number of amides is 1. The van der Waals surface area contributed by atoms with Crippen LogP contribution in [0.4, 0.5) is 10.3 Å². The van der Waals surface area contributed by atoms with Gasteiger partial charge in [0.15, 0.2) is 5.16 Å². The number of anilines is 1. The normalized spacial score (nSPS) is 18.5. The minimum Gasteiger partial charge on any atom is -0.467 e. The van der Waals surface area contributed by atoms with E-state index in [9.17, 15) is 9.18 Å². The number of nitrogens with zero attached hydrogens (tertiary/aromatic N) is 4. The highest BCUT2D eigenvalue weighted by atomic mass is 32.2. The zero-order chi connectivity index (χ0) is 23.2. The largest absolute Gasteiger partial charge is 0.467 e. The van der Waals surface area contributed by atoms with E-state index in [1.54, 1.807) is 18.4 Å². The molecule has 2 atom stereocenters. The standard InChI is InChI=1S/C24H30FN5O2S/c1-17-12-18(2)14-29(13-17)23-27-28-24(30(23)15-21-4-3-11-32-21)33-16-22(31)26-10-9-19-5-7-20(25)8-6-19/h3-8,11,17-18H,9-10,12-16H2,1-2H3,(H,26,31). The van der Waals surface area contributed by atoms with Crippen LogP contribution >= 0.6 is 11.8 Å². The van der Waals surface area contributed by atoms with Crippen LogP contribution in [0.5, 0.6) is 0 Å². The Morgan fingerprint density at radius 2 is 1.94 bits per heavy atom. The SMILES string of the molecule is CC1CC(C)CN(c2nnc(SCC(=O)NCCc3ccc(F)cc3)n2Cc2ccco2)C1. The first-order valence-corrected chi connectivity index (χ1v) is 12.3. The molecule has 3 heterocycles. The fourth-order valence-electron chi connectivity index (χ4n) is 4.32. The van der Waals surface area contributed by atoms with Gasteiger partial charge in [-0.05, 0) is 54.5 Å². The Labute approximate surface area is 197 Å². The van der Waals surface area contributed by atoms with Gasteiger partial charge < -0.3 is 14.6 Å². The van der Waals surface area contributed by atoms with Crippen molar-refractivity contribution in [2.45, 2.75) is 38.4 Å². The number of halogens is 1. The molecule has 2 aromatic heterocycles. The lowest BCUT2D eigenvalue weighted by Crippen LogP contribution is -2.40. The minimum atomic E-state index is -0.259. The first-order chi connectivity index (χ1) is 16.0. The van der Waals surface area contributed by atoms with Gasteiger partial charge in [0.25, 0.3) is 0 Å². The number of rotatable bonds is 9. The smallest absolute Gasteiger partial charge is 0.230 e. The highest BCUT2D eigenvalue weighted by molar-refractivity contribution is 7.99. The van der Waals surface area contributed by atoms with Crippen molar-refractivity contribution in [1.82, 2.24) is 20.1 Å². The predicted molar refractivity (Wildman–Crippen MR) is 127 cm³/mol. The maximum absolute atomic E-state index is 13.0. The van der Waals surface area contributed by atoms with Gasteiger partial charge in [0.1, 0.15) is 11.6 Å². The number of furan rings is 1. The van der Waals surface area contributed by atoms with E-state index in [1.807, 2.05) is 16.7 Å². The van der Waals surface area contributed by atoms with E-state index >= 15 is 0 Å². The maximum Gasteiger partial charge on any atom is 0.230 e. The summed E-state index contributed by atoms with van der Waals surface area (Å²) in [5.41, 5.74) is 0.983. The van der Waals surface area contributed by atoms with Crippen LogP contribution in [-0.2, 0) is 17.8 Å². The van der Waals surface area contributed by atoms with Crippen molar-refractivity contribution in [1.29, 1.82) is 0 Å². The van der Waals surface area contributed by atoms with Crippen molar-refractivity contribution in [2.75, 3.05) is 30.3 Å². The van der Waals surface area contributed by atoms with Gasteiger partial charge in [0.05, 0.1) is 18.6 Å². The second-order valence-corrected chi connectivity index (χ2v) is 9.76. The van der Waals surface area contributed by atoms with Crippen LogP contribution in [-0.4, -0.2) is 46.1 Å². The van der Waals surface area contributed by atoms with Crippen molar-refractivity contribution in [3.63, 3.8) is 0 Å². The van der Waals surface area contributed by atoms with Crippen LogP contribution in [0, 0.1) is 17.7 Å². The number of carbonyl (C=O) groups is 1. The molecule has 3 aromatic rings. The van der Waals surface area contributed by atoms with Crippen LogP contribution < -0.4 is 10.2 Å². The van der Waals surface area contributed by atoms with Gasteiger partial charge in [-0.15, -0.1) is 10.2 Å². The van der Waals surface area contributed by atoms with E-state index in [-0.39, 0.29) is 17.5 Å². The van der Waals surface area contributed by atoms with Crippen LogP contribution in [0.3, 0.4) is 0 Å². The molecule has 9 heteroatoms. The van der Waals surface area contributed by atoms with Gasteiger partial charge in [0.2, 0.25) is 11.9 Å². The molecule has 1 aliphatic heterocycles. The molecular weight excluding hydrogens is 441 g/mol. The summed E-state index contributed by atoms with van der Waals surface area (Å²) in [6.45, 7) is 7.43. The summed E-state index contributed by atoms with van der Waals surface area (Å²) in [7, 11) is 0. The Morgan fingerprint density at radius 1 is 1.18 bits per heavy atom. The molecule has 0 saturated carbocycles. The number of hydrogen-bond donors (Lipinski definition) is 1. The molecule has 1 N–H and O–H groups in total. The predicted octanol–water partition coefficient (Wildman–Crippen LogP) is 3.99. The average molecular weight is 472 g/mol. The van der Waals surface area contributed by atoms with E-state index in [1.165, 1.54) is 30.3 Å². The Hall–Kier alpha value is -2.81. The van der Waals surface area contributed by atoms with Gasteiger partial charge in [-0.3, -0.25) is 9.36 Å². The molecule has 0 aliphatic carbocycles. The molecule has 7 nitrogen and oxygen atoms in total. The van der Waals surface area contributed by atoms with Gasteiger partial charge >= 0.3 is 0 Å². The van der Waals surface area contributed by atoms with Crippen molar-refractivity contribution in [3.05, 3.63) is 59.8 Å². The maximum atomic E-state index is 13.0. The van der Waals surface area contributed by atoms with E-state index in [2.05, 4.69) is 34.3 Å². The molecule has 33 heavy (non-hydrogen) atoms. The Kier molecular flexibility index (Phi) is 7.69. The van der Waals surface area contributed by atoms with E-state index in [4.69, 9.17) is 4.42 Å². The topological polar surface area (TPSA) is 76.2 Å². The van der Waals surface area contributed by atoms with Crippen LogP contribution in [0.25, 0.3) is 0 Å². The molecule has 0 radical (unpaired) electrons. The molecule has 1 amide bonds. The average Bonchev–Trinajstić information content (AvgIpc) is 3.43. The number of piperidine rings is 1. The lowest BCUT2D eigenvalue weighted by molar-refractivity contribution is -0.118. The van der Waals surface area contributed by atoms with Gasteiger partial charge in [0, 0.05) is 19.6 Å². The molecule has 4 rings (SSSR count). The zero-order valence-electron chi connectivity index (χ0n) is 19.0. The third kappa shape index (κ3) is 6.37. The van der Waals surface area contributed by atoms with Crippen LogP contribution in [0.2, 0.25) is 0 Å². The fourth-order valence-corrected chi connectivity index (χ4v) is 5.09. The van der Waals surface area contributed by atoms with Crippen LogP contribution in [0.15, 0.2) is 52.2 Å². The molecule has 0 spiro atoms. The summed E-state index contributed by atoms with van der Waals surface area (Å²) in [4.78, 5) is 14.7. The molecule has 0 bridgehead atoms. The van der Waals surface area contributed by atoms with E-state index < -0.39 is 0 Å². The lowest BCUT2D eigenvalue weighted by atomic mass is 9.92. The van der Waals surface area contributed by atoms with Crippen molar-refractivity contribution in [3.8, 4) is 0 Å². The molecule has 1 fully saturated rings. The summed E-state index contributed by atoms with van der Waals surface area (Å²) >= 11 is 1.37. The number of nitrogens with one attached hydrogen (secondary N) is 1. The number of benzene rings is 1. The monoisotopic (exact) mass is 471 g/mol. The molecule has 1 aliphatic rings. The molecule has 1 saturated heterocycles. The second kappa shape index (κ2) is 10.9. The number of thioether (sulfide) groups is 1. The minimum absolute atomic E-state index is 0.0728. The van der Waals surface area contributed by atoms with Crippen molar-refractivity contribution in [2.24, 2.45) is 11.8 Å². The van der Waals surface area contributed by atoms with Crippen molar-refractivity contribution >= 4 is 23.6 Å². The molecular formula is C24H30FN5O2S. The highest BCUT2D eigenvalue weighted by Crippen LogP contribution is 2.29.